The molecule has 1 heterocycles. The van der Waals surface area contributed by atoms with Crippen molar-refractivity contribution in [3.05, 3.63) is 48.0 Å². The molecule has 18 heavy (non-hydrogen) atoms. The first-order valence-electron chi connectivity index (χ1n) is 5.55. The third kappa shape index (κ3) is 1.59. The molecule has 0 bridgehead atoms. The molecule has 2 N–H and O–H groups in total. The summed E-state index contributed by atoms with van der Waals surface area (Å²) >= 11 is 0. The van der Waals surface area contributed by atoms with Gasteiger partial charge in [-0.2, -0.15) is 0 Å². The van der Waals surface area contributed by atoms with Crippen molar-refractivity contribution in [1.29, 1.82) is 0 Å². The van der Waals surface area contributed by atoms with E-state index in [1.54, 1.807) is 12.1 Å². The summed E-state index contributed by atoms with van der Waals surface area (Å²) in [6.45, 7) is 0.164. The van der Waals surface area contributed by atoms with E-state index < -0.39 is 5.91 Å². The number of benzene rings is 2. The van der Waals surface area contributed by atoms with E-state index in [1.165, 1.54) is 0 Å². The van der Waals surface area contributed by atoms with Crippen molar-refractivity contribution >= 4 is 5.91 Å². The normalized spacial score (nSPS) is 12.4. The molecule has 2 aromatic carbocycles. The lowest BCUT2D eigenvalue weighted by molar-refractivity contribution is 0.100. The van der Waals surface area contributed by atoms with Crippen LogP contribution in [0.25, 0.3) is 11.1 Å². The van der Waals surface area contributed by atoms with Crippen LogP contribution in [0, 0.1) is 0 Å². The zero-order chi connectivity index (χ0) is 12.5. The molecule has 3 rings (SSSR count). The van der Waals surface area contributed by atoms with Crippen molar-refractivity contribution in [3.63, 3.8) is 0 Å². The number of ether oxygens (including phenoxy) is 2. The Balaban J connectivity index is 2.29. The van der Waals surface area contributed by atoms with Gasteiger partial charge in [-0.3, -0.25) is 4.79 Å². The second kappa shape index (κ2) is 4.07. The highest BCUT2D eigenvalue weighted by Gasteiger charge is 2.23. The highest BCUT2D eigenvalue weighted by molar-refractivity contribution is 6.02. The lowest BCUT2D eigenvalue weighted by atomic mass is 9.97. The minimum Gasteiger partial charge on any atom is -0.454 e. The van der Waals surface area contributed by atoms with Crippen molar-refractivity contribution < 1.29 is 14.3 Å². The quantitative estimate of drug-likeness (QED) is 0.876. The maximum Gasteiger partial charge on any atom is 0.249 e. The number of hydrogen-bond donors (Lipinski definition) is 1. The summed E-state index contributed by atoms with van der Waals surface area (Å²) in [5, 5.41) is 0. The zero-order valence-electron chi connectivity index (χ0n) is 9.55. The monoisotopic (exact) mass is 241 g/mol. The molecule has 0 radical (unpaired) electrons. The van der Waals surface area contributed by atoms with Crippen LogP contribution in [-0.2, 0) is 0 Å². The fourth-order valence-electron chi connectivity index (χ4n) is 2.07. The minimum atomic E-state index is -0.479. The average molecular weight is 241 g/mol. The van der Waals surface area contributed by atoms with E-state index in [0.717, 1.165) is 5.56 Å². The van der Waals surface area contributed by atoms with Crippen LogP contribution in [0.2, 0.25) is 0 Å². The molecule has 0 aromatic heterocycles. The van der Waals surface area contributed by atoms with Crippen LogP contribution in [0.15, 0.2) is 42.5 Å². The molecule has 4 nitrogen and oxygen atoms in total. The maximum atomic E-state index is 11.5. The van der Waals surface area contributed by atoms with Gasteiger partial charge in [0, 0.05) is 5.56 Å². The number of hydrogen-bond acceptors (Lipinski definition) is 3. The van der Waals surface area contributed by atoms with Gasteiger partial charge in [-0.25, -0.2) is 0 Å². The second-order valence-electron chi connectivity index (χ2n) is 3.95. The summed E-state index contributed by atoms with van der Waals surface area (Å²) in [7, 11) is 0. The molecule has 90 valence electrons. The molecule has 4 heteroatoms. The molecule has 0 atom stereocenters. The number of fused-ring (bicyclic) bond motifs is 1. The van der Waals surface area contributed by atoms with Crippen LogP contribution in [0.5, 0.6) is 11.5 Å². The second-order valence-corrected chi connectivity index (χ2v) is 3.95. The maximum absolute atomic E-state index is 11.5. The third-order valence-electron chi connectivity index (χ3n) is 2.87. The molecule has 0 aliphatic carbocycles. The number of primary amides is 1. The Bertz CT molecular complexity index is 608. The number of carbonyl (C=O) groups excluding carboxylic acids is 1. The smallest absolute Gasteiger partial charge is 0.249 e. The first-order chi connectivity index (χ1) is 8.77. The lowest BCUT2D eigenvalue weighted by Gasteiger charge is -2.10. The zero-order valence-corrected chi connectivity index (χ0v) is 9.55. The first kappa shape index (κ1) is 10.7. The van der Waals surface area contributed by atoms with Gasteiger partial charge >= 0.3 is 0 Å². The Hall–Kier alpha value is -2.49. The van der Waals surface area contributed by atoms with Gasteiger partial charge in [0.05, 0.1) is 5.56 Å². The van der Waals surface area contributed by atoms with Crippen molar-refractivity contribution in [2.24, 2.45) is 5.73 Å². The predicted molar refractivity (Wildman–Crippen MR) is 66.5 cm³/mol. The topological polar surface area (TPSA) is 61.6 Å². The highest BCUT2D eigenvalue weighted by atomic mass is 16.7. The van der Waals surface area contributed by atoms with Crippen molar-refractivity contribution in [1.82, 2.24) is 0 Å². The Kier molecular flexibility index (Phi) is 2.41. The number of nitrogens with two attached hydrogens (primary N) is 1. The van der Waals surface area contributed by atoms with E-state index in [2.05, 4.69) is 0 Å². The summed E-state index contributed by atoms with van der Waals surface area (Å²) in [5.41, 5.74) is 7.42. The van der Waals surface area contributed by atoms with Gasteiger partial charge in [0.25, 0.3) is 0 Å². The SMILES string of the molecule is NC(=O)c1ccc2c(c1-c1ccccc1)OCO2. The first-order valence-corrected chi connectivity index (χ1v) is 5.55. The van der Waals surface area contributed by atoms with Crippen molar-refractivity contribution in [3.8, 4) is 22.6 Å². The number of rotatable bonds is 2. The van der Waals surface area contributed by atoms with Gasteiger partial charge in [0.2, 0.25) is 12.7 Å². The van der Waals surface area contributed by atoms with Gasteiger partial charge in [0.15, 0.2) is 11.5 Å². The van der Waals surface area contributed by atoms with E-state index in [-0.39, 0.29) is 6.79 Å². The lowest BCUT2D eigenvalue weighted by Crippen LogP contribution is -2.12. The average Bonchev–Trinajstić information content (AvgIpc) is 2.86. The van der Waals surface area contributed by atoms with E-state index in [1.807, 2.05) is 30.3 Å². The molecule has 0 fully saturated rings. The fraction of sp³-hybridized carbons (Fsp3) is 0.0714. The molecular weight excluding hydrogens is 230 g/mol. The van der Waals surface area contributed by atoms with Gasteiger partial charge in [0.1, 0.15) is 0 Å². The minimum absolute atomic E-state index is 0.164. The molecule has 0 spiro atoms. The summed E-state index contributed by atoms with van der Waals surface area (Å²) in [4.78, 5) is 11.5. The predicted octanol–water partition coefficient (Wildman–Crippen LogP) is 2.18. The van der Waals surface area contributed by atoms with Crippen LogP contribution < -0.4 is 15.2 Å². The van der Waals surface area contributed by atoms with Gasteiger partial charge in [-0.1, -0.05) is 30.3 Å². The van der Waals surface area contributed by atoms with Crippen molar-refractivity contribution in [2.45, 2.75) is 0 Å². The van der Waals surface area contributed by atoms with Gasteiger partial charge in [-0.15, -0.1) is 0 Å². The Labute approximate surface area is 104 Å². The third-order valence-corrected chi connectivity index (χ3v) is 2.87. The van der Waals surface area contributed by atoms with Crippen LogP contribution >= 0.6 is 0 Å². The molecule has 1 amide bonds. The Morgan fingerprint density at radius 2 is 1.83 bits per heavy atom. The van der Waals surface area contributed by atoms with E-state index in [0.29, 0.717) is 22.6 Å². The molecule has 0 saturated carbocycles. The van der Waals surface area contributed by atoms with Crippen LogP contribution in [0.3, 0.4) is 0 Å². The number of carbonyl (C=O) groups is 1. The summed E-state index contributed by atoms with van der Waals surface area (Å²) in [6, 6.07) is 12.9. The van der Waals surface area contributed by atoms with Crippen molar-refractivity contribution in [2.75, 3.05) is 6.79 Å². The largest absolute Gasteiger partial charge is 0.454 e. The van der Waals surface area contributed by atoms with E-state index >= 15 is 0 Å². The van der Waals surface area contributed by atoms with E-state index in [4.69, 9.17) is 15.2 Å². The van der Waals surface area contributed by atoms with Gasteiger partial charge < -0.3 is 15.2 Å². The standard InChI is InChI=1S/C14H11NO3/c15-14(16)10-6-7-11-13(18-8-17-11)12(10)9-4-2-1-3-5-9/h1-7H,8H2,(H2,15,16). The molecule has 0 unspecified atom stereocenters. The molecule has 0 saturated heterocycles. The number of amides is 1. The van der Waals surface area contributed by atoms with E-state index in [9.17, 15) is 4.79 Å². The summed E-state index contributed by atoms with van der Waals surface area (Å²) in [5.74, 6) is 0.739. The highest BCUT2D eigenvalue weighted by Crippen LogP contribution is 2.43. The van der Waals surface area contributed by atoms with Crippen LogP contribution in [0.4, 0.5) is 0 Å². The summed E-state index contributed by atoms with van der Waals surface area (Å²) in [6.07, 6.45) is 0. The fourth-order valence-corrected chi connectivity index (χ4v) is 2.07. The molecule has 1 aliphatic heterocycles. The molecule has 1 aliphatic rings. The van der Waals surface area contributed by atoms with Crippen LogP contribution in [-0.4, -0.2) is 12.7 Å². The Morgan fingerprint density at radius 1 is 1.06 bits per heavy atom. The van der Waals surface area contributed by atoms with Gasteiger partial charge in [-0.05, 0) is 17.7 Å². The molecule has 2 aromatic rings. The Morgan fingerprint density at radius 3 is 2.56 bits per heavy atom. The van der Waals surface area contributed by atoms with Crippen LogP contribution in [0.1, 0.15) is 10.4 Å². The molecular formula is C14H11NO3. The summed E-state index contributed by atoms with van der Waals surface area (Å²) < 4.78 is 10.8.